The fraction of sp³-hybridized carbons (Fsp3) is 0.578. The van der Waals surface area contributed by atoms with E-state index in [-0.39, 0.29) is 135 Å². The maximum Gasteiger partial charge on any atom is 0.307 e. The summed E-state index contributed by atoms with van der Waals surface area (Å²) in [6.07, 6.45) is -0.327. The Hall–Kier alpha value is -5.19. The first-order chi connectivity index (χ1) is 31.8. The summed E-state index contributed by atoms with van der Waals surface area (Å²) >= 11 is 1.07. The lowest BCUT2D eigenvalue weighted by Crippen LogP contribution is -2.37. The predicted molar refractivity (Wildman–Crippen MR) is 236 cm³/mol. The normalized spacial score (nSPS) is 13.0. The van der Waals surface area contributed by atoms with Gasteiger partial charge in [-0.05, 0) is 30.5 Å². The van der Waals surface area contributed by atoms with Crippen LogP contribution in [0, 0.1) is 23.5 Å². The van der Waals surface area contributed by atoms with Crippen LogP contribution in [0.5, 0.6) is 23.0 Å². The largest absolute Gasteiger partial charge is 0.493 e. The Kier molecular flexibility index (Phi) is 22.7. The molecule has 3 aromatic rings. The molecule has 0 saturated heterocycles. The lowest BCUT2D eigenvalue weighted by atomic mass is 9.90. The van der Waals surface area contributed by atoms with Crippen molar-refractivity contribution in [1.29, 1.82) is 0 Å². The molecule has 18 nitrogen and oxygen atoms in total. The van der Waals surface area contributed by atoms with Gasteiger partial charge < -0.3 is 63.7 Å². The summed E-state index contributed by atoms with van der Waals surface area (Å²) in [5.74, 6) is -6.28. The predicted octanol–water partition coefficient (Wildman–Crippen LogP) is 4.67. The van der Waals surface area contributed by atoms with Crippen LogP contribution in [0.25, 0.3) is 10.1 Å². The van der Waals surface area contributed by atoms with E-state index < -0.39 is 41.3 Å². The van der Waals surface area contributed by atoms with E-state index in [0.29, 0.717) is 56.4 Å². The Balaban J connectivity index is 1.22. The molecular weight excluding hydrogens is 893 g/mol. The zero-order valence-electron chi connectivity index (χ0n) is 37.9. The van der Waals surface area contributed by atoms with Gasteiger partial charge in [0.25, 0.3) is 0 Å². The first kappa shape index (κ1) is 53.4. The number of benzene rings is 2. The summed E-state index contributed by atoms with van der Waals surface area (Å²) in [5, 5.41) is 12.9. The van der Waals surface area contributed by atoms with Crippen molar-refractivity contribution in [3.05, 3.63) is 45.8 Å². The number of hydrogen-bond acceptors (Lipinski definition) is 16. The number of nitrogens with two attached hydrogens (primary N) is 1. The van der Waals surface area contributed by atoms with E-state index in [2.05, 4.69) is 5.32 Å². The molecule has 0 spiro atoms. The number of amides is 2. The van der Waals surface area contributed by atoms with Crippen molar-refractivity contribution in [2.24, 2.45) is 17.6 Å². The average Bonchev–Trinajstić information content (AvgIpc) is 3.94. The average molecular weight is 954 g/mol. The van der Waals surface area contributed by atoms with Gasteiger partial charge in [0, 0.05) is 73.6 Å². The fourth-order valence-electron chi connectivity index (χ4n) is 6.79. The van der Waals surface area contributed by atoms with Gasteiger partial charge in [-0.3, -0.25) is 24.0 Å². The van der Waals surface area contributed by atoms with E-state index in [1.54, 1.807) is 26.0 Å². The molecule has 66 heavy (non-hydrogen) atoms. The number of carboxylic acid groups (broad SMARTS) is 1. The molecule has 366 valence electrons. The third kappa shape index (κ3) is 16.0. The zero-order chi connectivity index (χ0) is 48.0. The van der Waals surface area contributed by atoms with Crippen molar-refractivity contribution in [1.82, 2.24) is 10.2 Å². The number of aliphatic carboxylic acids is 1. The molecule has 1 aliphatic heterocycles. The lowest BCUT2D eigenvalue weighted by Gasteiger charge is -2.23. The Bertz CT molecular complexity index is 2090. The number of methoxy groups -OCH3 is 2. The molecule has 0 fully saturated rings. The molecule has 0 bridgehead atoms. The number of carbonyl (C=O) groups is 5. The molecule has 2 heterocycles. The van der Waals surface area contributed by atoms with Gasteiger partial charge in [0.05, 0.1) is 104 Å². The van der Waals surface area contributed by atoms with Gasteiger partial charge in [0.1, 0.15) is 0 Å². The van der Waals surface area contributed by atoms with Crippen molar-refractivity contribution in [2.45, 2.75) is 59.0 Å². The number of nitrogens with one attached hydrogen (secondary N) is 1. The van der Waals surface area contributed by atoms with Crippen LogP contribution in [0.4, 0.5) is 8.78 Å². The van der Waals surface area contributed by atoms with Crippen LogP contribution in [0.1, 0.15) is 66.8 Å². The second-order valence-corrected chi connectivity index (χ2v) is 16.1. The highest BCUT2D eigenvalue weighted by Crippen LogP contribution is 2.41. The summed E-state index contributed by atoms with van der Waals surface area (Å²) in [7, 11) is 2.69. The van der Waals surface area contributed by atoms with Gasteiger partial charge in [-0.1, -0.05) is 6.92 Å². The minimum absolute atomic E-state index is 0.0114. The van der Waals surface area contributed by atoms with Crippen LogP contribution in [-0.4, -0.2) is 140 Å². The summed E-state index contributed by atoms with van der Waals surface area (Å²) < 4.78 is 80.8. The summed E-state index contributed by atoms with van der Waals surface area (Å²) in [4.78, 5) is 64.2. The van der Waals surface area contributed by atoms with Gasteiger partial charge in [0.15, 0.2) is 40.4 Å². The number of carbonyl (C=O) groups excluding carboxylic acids is 4. The van der Waals surface area contributed by atoms with Crippen molar-refractivity contribution in [2.75, 3.05) is 100.0 Å². The number of carboxylic acids is 1. The number of ketones is 1. The number of fused-ring (bicyclic) bond motifs is 2. The molecule has 0 radical (unpaired) electrons. The highest BCUT2D eigenvalue weighted by atomic mass is 32.1. The van der Waals surface area contributed by atoms with Gasteiger partial charge in [-0.25, -0.2) is 8.78 Å². The Morgan fingerprint density at radius 1 is 0.803 bits per heavy atom. The van der Waals surface area contributed by atoms with Crippen LogP contribution in [0.15, 0.2) is 18.2 Å². The Morgan fingerprint density at radius 2 is 1.41 bits per heavy atom. The molecule has 1 unspecified atom stereocenters. The maximum absolute atomic E-state index is 16.0. The fourth-order valence-corrected chi connectivity index (χ4v) is 7.84. The topological polar surface area (TPSA) is 230 Å². The van der Waals surface area contributed by atoms with E-state index in [4.69, 9.17) is 48.4 Å². The minimum atomic E-state index is -1.21. The molecule has 1 aromatic heterocycles. The molecule has 21 heteroatoms. The molecule has 2 aromatic carbocycles. The number of thiophene rings is 1. The quantitative estimate of drug-likeness (QED) is 0.0428. The zero-order valence-corrected chi connectivity index (χ0v) is 38.7. The standard InChI is InChI=1S/C45H61F2N3O15S/c1-5-63-40(54)8-7-33(51)37-22-31-36(66-37)24-35(58-4)44(41(31)46)65-12-6-11-64-43-34(57-3)21-29-26-50(27-32(29)42(43)47)39(53)23-30(45(55)56)28(2)25-49-38(52)9-13-59-15-17-61-19-20-62-18-16-60-14-10-48/h21-22,24,28,30H,5-20,23,25-27,48H2,1-4H3,(H,49,52)(H,55,56)/t28?,30-/m0/s1. The molecule has 2 atom stereocenters. The SMILES string of the molecule is CCOC(=O)CCC(=O)c1cc2c(F)c(OCCCOc3c(OC)cc4c(c3F)CN(C(=O)C[C@H](C(=O)O)C(C)CNC(=O)CCOCCOCCOCCOCCN)C4)c(OC)cc2s1. The van der Waals surface area contributed by atoms with Crippen molar-refractivity contribution >= 4 is 51.0 Å². The number of rotatable bonds is 33. The molecule has 2 amide bonds. The van der Waals surface area contributed by atoms with Gasteiger partial charge in [-0.15, -0.1) is 11.3 Å². The maximum atomic E-state index is 16.0. The van der Waals surface area contributed by atoms with E-state index in [9.17, 15) is 29.1 Å². The highest BCUT2D eigenvalue weighted by molar-refractivity contribution is 7.20. The van der Waals surface area contributed by atoms with Crippen molar-refractivity contribution < 1.29 is 80.5 Å². The summed E-state index contributed by atoms with van der Waals surface area (Å²) in [6.45, 7) is 6.64. The molecule has 0 aliphatic carbocycles. The third-order valence-corrected chi connectivity index (χ3v) is 11.5. The van der Waals surface area contributed by atoms with Crippen molar-refractivity contribution in [3.8, 4) is 23.0 Å². The van der Waals surface area contributed by atoms with Crippen LogP contribution in [0.3, 0.4) is 0 Å². The van der Waals surface area contributed by atoms with E-state index >= 15 is 8.78 Å². The number of ether oxygens (including phenoxy) is 9. The minimum Gasteiger partial charge on any atom is -0.493 e. The molecule has 4 N–H and O–H groups in total. The molecule has 1 aliphatic rings. The van der Waals surface area contributed by atoms with E-state index in [1.807, 2.05) is 0 Å². The van der Waals surface area contributed by atoms with E-state index in [1.165, 1.54) is 25.2 Å². The van der Waals surface area contributed by atoms with Crippen LogP contribution >= 0.6 is 11.3 Å². The smallest absolute Gasteiger partial charge is 0.307 e. The summed E-state index contributed by atoms with van der Waals surface area (Å²) in [5.41, 5.74) is 6.01. The Morgan fingerprint density at radius 3 is 2.02 bits per heavy atom. The molecule has 4 rings (SSSR count). The van der Waals surface area contributed by atoms with E-state index in [0.717, 1.165) is 11.3 Å². The third-order valence-electron chi connectivity index (χ3n) is 10.4. The first-order valence-corrected chi connectivity index (χ1v) is 22.6. The number of esters is 1. The first-order valence-electron chi connectivity index (χ1n) is 21.7. The van der Waals surface area contributed by atoms with Crippen LogP contribution < -0.4 is 30.0 Å². The van der Waals surface area contributed by atoms with Gasteiger partial charge >= 0.3 is 11.9 Å². The van der Waals surface area contributed by atoms with Gasteiger partial charge in [0.2, 0.25) is 11.8 Å². The number of hydrogen-bond donors (Lipinski definition) is 3. The summed E-state index contributed by atoms with van der Waals surface area (Å²) in [6, 6.07) is 4.53. The second kappa shape index (κ2) is 28.1. The number of nitrogens with zero attached hydrogens (tertiary/aromatic N) is 1. The molecular formula is C45H61F2N3O15S. The monoisotopic (exact) mass is 953 g/mol. The van der Waals surface area contributed by atoms with Gasteiger partial charge in [-0.2, -0.15) is 0 Å². The lowest BCUT2D eigenvalue weighted by molar-refractivity contribution is -0.148. The van der Waals surface area contributed by atoms with Crippen LogP contribution in [0.2, 0.25) is 0 Å². The number of Topliss-reactive ketones (excluding diaryl/α,β-unsaturated/α-hetero) is 1. The van der Waals surface area contributed by atoms with Crippen LogP contribution in [-0.2, 0) is 56.0 Å². The number of halogens is 2. The highest BCUT2D eigenvalue weighted by Gasteiger charge is 2.34. The molecule has 0 saturated carbocycles. The van der Waals surface area contributed by atoms with Crippen molar-refractivity contribution in [3.63, 3.8) is 0 Å². The second-order valence-electron chi connectivity index (χ2n) is 15.1. The Labute approximate surface area is 386 Å².